The van der Waals surface area contributed by atoms with Gasteiger partial charge in [-0.15, -0.1) is 0 Å². The molecule has 0 aliphatic carbocycles. The van der Waals surface area contributed by atoms with E-state index in [9.17, 15) is 20.2 Å². The zero-order valence-corrected chi connectivity index (χ0v) is 13.8. The molecular weight excluding hydrogens is 362 g/mol. The number of carbonyl (C=O) groups is 1. The van der Waals surface area contributed by atoms with Crippen molar-refractivity contribution in [2.75, 3.05) is 12.1 Å². The normalized spacial score (nSPS) is 12.4. The predicted octanol–water partition coefficient (Wildman–Crippen LogP) is 3.52. The van der Waals surface area contributed by atoms with Gasteiger partial charge in [0.05, 0.1) is 16.6 Å². The largest absolute Gasteiger partial charge is 0.454 e. The van der Waals surface area contributed by atoms with Crippen LogP contribution >= 0.6 is 11.6 Å². The van der Waals surface area contributed by atoms with Crippen molar-refractivity contribution in [1.29, 1.82) is 5.26 Å². The fourth-order valence-corrected chi connectivity index (χ4v) is 2.48. The first kappa shape index (κ1) is 17.3. The number of carbonyl (C=O) groups excluding carboxylic acids is 1. The van der Waals surface area contributed by atoms with Gasteiger partial charge in [-0.25, -0.2) is 0 Å². The first-order valence-electron chi connectivity index (χ1n) is 7.24. The molecule has 0 unspecified atom stereocenters. The minimum absolute atomic E-state index is 0.0528. The molecule has 8 nitrogen and oxygen atoms in total. The van der Waals surface area contributed by atoms with E-state index < -0.39 is 10.8 Å². The van der Waals surface area contributed by atoms with Crippen LogP contribution in [-0.4, -0.2) is 17.6 Å². The highest BCUT2D eigenvalue weighted by atomic mass is 35.5. The van der Waals surface area contributed by atoms with Gasteiger partial charge < -0.3 is 14.8 Å². The molecule has 0 radical (unpaired) electrons. The van der Waals surface area contributed by atoms with E-state index in [2.05, 4.69) is 5.32 Å². The maximum absolute atomic E-state index is 12.3. The van der Waals surface area contributed by atoms with Crippen LogP contribution in [0.4, 0.5) is 11.4 Å². The number of rotatable bonds is 4. The van der Waals surface area contributed by atoms with Crippen molar-refractivity contribution in [3.8, 4) is 17.6 Å². The van der Waals surface area contributed by atoms with Gasteiger partial charge in [-0.05, 0) is 30.3 Å². The molecule has 2 aromatic rings. The smallest absolute Gasteiger partial charge is 0.280 e. The molecule has 9 heteroatoms. The van der Waals surface area contributed by atoms with Crippen LogP contribution in [0, 0.1) is 21.4 Å². The van der Waals surface area contributed by atoms with Crippen molar-refractivity contribution >= 4 is 35.0 Å². The van der Waals surface area contributed by atoms with Gasteiger partial charge in [0.1, 0.15) is 11.6 Å². The Morgan fingerprint density at radius 2 is 2.04 bits per heavy atom. The lowest BCUT2D eigenvalue weighted by molar-refractivity contribution is -0.385. The molecule has 1 heterocycles. The van der Waals surface area contributed by atoms with Crippen LogP contribution in [0.1, 0.15) is 5.56 Å². The van der Waals surface area contributed by atoms with Crippen LogP contribution in [0.15, 0.2) is 42.0 Å². The maximum atomic E-state index is 12.3. The number of nitro groups is 1. The van der Waals surface area contributed by atoms with Gasteiger partial charge >= 0.3 is 0 Å². The molecule has 1 aliphatic heterocycles. The quantitative estimate of drug-likeness (QED) is 0.380. The third kappa shape index (κ3) is 3.58. The first-order chi connectivity index (χ1) is 12.5. The number of ether oxygens (including phenoxy) is 2. The van der Waals surface area contributed by atoms with Gasteiger partial charge in [0.25, 0.3) is 11.6 Å². The Morgan fingerprint density at radius 1 is 1.31 bits per heavy atom. The summed E-state index contributed by atoms with van der Waals surface area (Å²) in [7, 11) is 0. The molecule has 130 valence electrons. The van der Waals surface area contributed by atoms with Gasteiger partial charge in [-0.1, -0.05) is 17.7 Å². The molecule has 0 spiro atoms. The monoisotopic (exact) mass is 371 g/mol. The van der Waals surface area contributed by atoms with Gasteiger partial charge in [-0.2, -0.15) is 5.26 Å². The van der Waals surface area contributed by atoms with E-state index in [1.54, 1.807) is 24.3 Å². The summed E-state index contributed by atoms with van der Waals surface area (Å²) in [5.74, 6) is -0.188. The van der Waals surface area contributed by atoms with E-state index in [-0.39, 0.29) is 29.4 Å². The van der Waals surface area contributed by atoms with Crippen molar-refractivity contribution in [3.63, 3.8) is 0 Å². The maximum Gasteiger partial charge on any atom is 0.280 e. The predicted molar refractivity (Wildman–Crippen MR) is 92.9 cm³/mol. The summed E-state index contributed by atoms with van der Waals surface area (Å²) in [4.78, 5) is 22.9. The molecule has 1 aliphatic rings. The Morgan fingerprint density at radius 3 is 2.69 bits per heavy atom. The van der Waals surface area contributed by atoms with Gasteiger partial charge in [0.2, 0.25) is 6.79 Å². The number of amides is 1. The average molecular weight is 372 g/mol. The van der Waals surface area contributed by atoms with Gasteiger partial charge in [0.15, 0.2) is 11.5 Å². The summed E-state index contributed by atoms with van der Waals surface area (Å²) in [6.07, 6.45) is 1.12. The van der Waals surface area contributed by atoms with Crippen molar-refractivity contribution in [1.82, 2.24) is 0 Å². The lowest BCUT2D eigenvalue weighted by atomic mass is 10.1. The number of nitro benzene ring substituents is 1. The summed E-state index contributed by atoms with van der Waals surface area (Å²) in [6.45, 7) is -0.0555. The molecule has 0 saturated carbocycles. The molecule has 0 atom stereocenters. The van der Waals surface area contributed by atoms with Crippen LogP contribution < -0.4 is 14.8 Å². The van der Waals surface area contributed by atoms with Crippen molar-refractivity contribution < 1.29 is 19.2 Å². The fourth-order valence-electron chi connectivity index (χ4n) is 2.29. The second-order valence-electron chi connectivity index (χ2n) is 5.16. The number of halogens is 1. The molecule has 0 bridgehead atoms. The number of nitrogens with one attached hydrogen (secondary N) is 1. The Balaban J connectivity index is 1.95. The highest BCUT2D eigenvalue weighted by Gasteiger charge is 2.23. The number of benzene rings is 2. The third-order valence-electron chi connectivity index (χ3n) is 3.47. The molecular formula is C17H10ClN3O5. The number of hydrogen-bond acceptors (Lipinski definition) is 6. The first-order valence-corrected chi connectivity index (χ1v) is 7.62. The zero-order chi connectivity index (χ0) is 18.7. The molecule has 0 fully saturated rings. The topological polar surface area (TPSA) is 114 Å². The van der Waals surface area contributed by atoms with Crippen molar-refractivity contribution in [2.45, 2.75) is 0 Å². The van der Waals surface area contributed by atoms with E-state index in [0.717, 1.165) is 6.08 Å². The number of anilines is 1. The highest BCUT2D eigenvalue weighted by Crippen LogP contribution is 2.38. The van der Waals surface area contributed by atoms with E-state index in [4.69, 9.17) is 21.1 Å². The summed E-state index contributed by atoms with van der Waals surface area (Å²) in [5.41, 5.74) is -0.176. The van der Waals surface area contributed by atoms with Crippen molar-refractivity contribution in [3.05, 3.63) is 62.7 Å². The number of nitrogens with zero attached hydrogens (tertiary/aromatic N) is 2. The van der Waals surface area contributed by atoms with Crippen LogP contribution in [0.5, 0.6) is 11.5 Å². The number of nitriles is 1. The van der Waals surface area contributed by atoms with Crippen LogP contribution in [0.2, 0.25) is 5.02 Å². The Labute approximate surface area is 152 Å². The number of hydrogen-bond donors (Lipinski definition) is 1. The molecule has 1 amide bonds. The van der Waals surface area contributed by atoms with Crippen LogP contribution in [-0.2, 0) is 4.79 Å². The summed E-state index contributed by atoms with van der Waals surface area (Å²) in [6, 6.07) is 10.7. The van der Waals surface area contributed by atoms with Crippen LogP contribution in [0.3, 0.4) is 0 Å². The van der Waals surface area contributed by atoms with E-state index in [1.807, 2.05) is 0 Å². The Bertz CT molecular complexity index is 981. The molecule has 2 aromatic carbocycles. The Hall–Kier alpha value is -3.57. The molecule has 0 aromatic heterocycles. The zero-order valence-electron chi connectivity index (χ0n) is 13.1. The van der Waals surface area contributed by atoms with E-state index >= 15 is 0 Å². The van der Waals surface area contributed by atoms with E-state index in [1.165, 1.54) is 18.2 Å². The SMILES string of the molecule is N#C/C(=C\c1cc2c(cc1[N+](=O)[O-])OCO2)C(=O)Nc1cccc(Cl)c1. The highest BCUT2D eigenvalue weighted by molar-refractivity contribution is 6.31. The molecule has 1 N–H and O–H groups in total. The fraction of sp³-hybridized carbons (Fsp3) is 0.0588. The molecule has 26 heavy (non-hydrogen) atoms. The second kappa shape index (κ2) is 7.13. The second-order valence-corrected chi connectivity index (χ2v) is 5.59. The standard InChI is InChI=1S/C17H10ClN3O5/c18-12-2-1-3-13(6-12)20-17(22)11(8-19)4-10-5-15-16(26-9-25-15)7-14(10)21(23)24/h1-7H,9H2,(H,20,22)/b11-4+. The average Bonchev–Trinajstić information content (AvgIpc) is 3.06. The van der Waals surface area contributed by atoms with Crippen LogP contribution in [0.25, 0.3) is 6.08 Å². The third-order valence-corrected chi connectivity index (χ3v) is 3.70. The summed E-state index contributed by atoms with van der Waals surface area (Å²) in [5, 5.41) is 23.5. The van der Waals surface area contributed by atoms with Crippen molar-refractivity contribution in [2.24, 2.45) is 0 Å². The minimum atomic E-state index is -0.721. The summed E-state index contributed by atoms with van der Waals surface area (Å²) >= 11 is 5.85. The lowest BCUT2D eigenvalue weighted by Gasteiger charge is -2.05. The lowest BCUT2D eigenvalue weighted by Crippen LogP contribution is -2.13. The minimum Gasteiger partial charge on any atom is -0.454 e. The van der Waals surface area contributed by atoms with Gasteiger partial charge in [-0.3, -0.25) is 14.9 Å². The summed E-state index contributed by atoms with van der Waals surface area (Å²) < 4.78 is 10.3. The van der Waals surface area contributed by atoms with Gasteiger partial charge in [0, 0.05) is 10.7 Å². The molecule has 3 rings (SSSR count). The number of fused-ring (bicyclic) bond motifs is 1. The molecule has 0 saturated heterocycles. The Kier molecular flexibility index (Phi) is 4.73. The van der Waals surface area contributed by atoms with E-state index in [0.29, 0.717) is 16.5 Å².